The monoisotopic (exact) mass is 900 g/mol. The van der Waals surface area contributed by atoms with E-state index in [9.17, 15) is 27.2 Å². The van der Waals surface area contributed by atoms with Crippen LogP contribution < -0.4 is 0 Å². The number of hydrogen-bond acceptors (Lipinski definition) is 8. The number of carbonyl (C=O) groups is 2. The van der Waals surface area contributed by atoms with Gasteiger partial charge in [0.05, 0.1) is 32.3 Å². The van der Waals surface area contributed by atoms with Gasteiger partial charge in [0.25, 0.3) is 0 Å². The molecule has 8 nitrogen and oxygen atoms in total. The van der Waals surface area contributed by atoms with Gasteiger partial charge in [-0.2, -0.15) is 0 Å². The Morgan fingerprint density at radius 3 is 1.28 bits per heavy atom. The molecule has 64 heavy (non-hydrogen) atoms. The molecule has 324 valence electrons. The van der Waals surface area contributed by atoms with Crippen molar-refractivity contribution in [1.82, 2.24) is 19.8 Å². The van der Waals surface area contributed by atoms with Crippen LogP contribution in [0.15, 0.2) is 121 Å². The van der Waals surface area contributed by atoms with E-state index in [0.717, 1.165) is 42.7 Å². The van der Waals surface area contributed by atoms with E-state index in [1.165, 1.54) is 46.9 Å². The van der Waals surface area contributed by atoms with Crippen molar-refractivity contribution in [2.75, 3.05) is 26.2 Å². The van der Waals surface area contributed by atoms with Crippen molar-refractivity contribution in [3.05, 3.63) is 178 Å². The average Bonchev–Trinajstić information content (AvgIpc) is 3.86. The summed E-state index contributed by atoms with van der Waals surface area (Å²) in [6.45, 7) is 3.02. The van der Waals surface area contributed by atoms with Crippen LogP contribution in [0.3, 0.4) is 0 Å². The summed E-state index contributed by atoms with van der Waals surface area (Å²) in [6.07, 6.45) is 0.940. The van der Waals surface area contributed by atoms with Crippen molar-refractivity contribution in [3.8, 4) is 21.1 Å². The Morgan fingerprint density at radius 2 is 0.906 bits per heavy atom. The lowest BCUT2D eigenvalue weighted by Crippen LogP contribution is -2.49. The van der Waals surface area contributed by atoms with Crippen LogP contribution >= 0.6 is 22.7 Å². The van der Waals surface area contributed by atoms with E-state index in [4.69, 9.17) is 10.2 Å². The summed E-state index contributed by atoms with van der Waals surface area (Å²) < 4.78 is 59.6. The highest BCUT2D eigenvalue weighted by molar-refractivity contribution is 7.22. The van der Waals surface area contributed by atoms with E-state index in [1.54, 1.807) is 36.4 Å². The summed E-state index contributed by atoms with van der Waals surface area (Å²) in [4.78, 5) is 35.1. The predicted octanol–water partition coefficient (Wildman–Crippen LogP) is 10.7. The number of halogens is 4. The molecular weight excluding hydrogens is 861 g/mol. The van der Waals surface area contributed by atoms with Gasteiger partial charge in [-0.05, 0) is 94.0 Å². The molecule has 0 aliphatic carbocycles. The van der Waals surface area contributed by atoms with Gasteiger partial charge >= 0.3 is 11.9 Å². The summed E-state index contributed by atoms with van der Waals surface area (Å²) >= 11 is 2.84. The molecule has 14 heteroatoms. The van der Waals surface area contributed by atoms with Crippen LogP contribution in [0, 0.1) is 35.1 Å². The molecule has 0 unspecified atom stereocenters. The minimum Gasteiger partial charge on any atom is -0.481 e. The Hall–Kier alpha value is -6.32. The van der Waals surface area contributed by atoms with Crippen LogP contribution in [0.5, 0.6) is 0 Å². The summed E-state index contributed by atoms with van der Waals surface area (Å²) in [5, 5.41) is 19.2. The van der Waals surface area contributed by atoms with Gasteiger partial charge in [-0.3, -0.25) is 19.4 Å². The molecule has 2 N–H and O–H groups in total. The Morgan fingerprint density at radius 1 is 0.516 bits per heavy atom. The second-order valence-corrected chi connectivity index (χ2v) is 18.3. The zero-order valence-corrected chi connectivity index (χ0v) is 35.8. The van der Waals surface area contributed by atoms with Gasteiger partial charge < -0.3 is 10.2 Å². The standard InChI is InChI=1S/2C25H20F2N2O2S/c2*26-20-4-2-1-3-17(20)9-15-6-8-23-22(11-15)28-24(32-23)19-7-5-16(10-21(19)27)12-29-13-18(14-29)25(30)31/h2*1-8,10-11,18H,9,12-14H2,(H,30,31). The highest BCUT2D eigenvalue weighted by Gasteiger charge is 2.33. The molecule has 2 aromatic heterocycles. The molecule has 8 aromatic rings. The molecule has 0 saturated carbocycles. The second kappa shape index (κ2) is 18.4. The Labute approximate surface area is 373 Å². The SMILES string of the molecule is O=C(O)C1CN(Cc2ccc(-c3nc4cc(Cc5ccccc5F)ccc4s3)c(F)c2)C1.O=C(O)C1CN(Cc2ccc(-c3nc4cc(Cc5ccccc5F)ccc4s3)c(F)c2)C1. The molecule has 0 radical (unpaired) electrons. The quantitative estimate of drug-likeness (QED) is 0.117. The van der Waals surface area contributed by atoms with Crippen LogP contribution in [0.2, 0.25) is 0 Å². The van der Waals surface area contributed by atoms with Crippen molar-refractivity contribution >= 4 is 55.0 Å². The van der Waals surface area contributed by atoms with Crippen molar-refractivity contribution in [2.45, 2.75) is 25.9 Å². The molecule has 0 bridgehead atoms. The van der Waals surface area contributed by atoms with Crippen LogP contribution in [0.1, 0.15) is 33.4 Å². The van der Waals surface area contributed by atoms with E-state index in [0.29, 0.717) is 84.4 Å². The molecule has 0 spiro atoms. The van der Waals surface area contributed by atoms with Gasteiger partial charge in [-0.1, -0.05) is 60.7 Å². The minimum absolute atomic E-state index is 0.231. The Balaban J connectivity index is 0.000000162. The number of rotatable bonds is 12. The molecule has 2 saturated heterocycles. The molecule has 6 aromatic carbocycles. The van der Waals surface area contributed by atoms with Gasteiger partial charge in [0.1, 0.15) is 33.3 Å². The number of hydrogen-bond donors (Lipinski definition) is 2. The normalized spacial score (nSPS) is 14.6. The Kier molecular flexibility index (Phi) is 12.4. The van der Waals surface area contributed by atoms with Crippen LogP contribution in [-0.2, 0) is 35.5 Å². The van der Waals surface area contributed by atoms with Crippen molar-refractivity contribution in [1.29, 1.82) is 0 Å². The first kappa shape index (κ1) is 43.0. The average molecular weight is 901 g/mol. The molecule has 10 rings (SSSR count). The van der Waals surface area contributed by atoms with E-state index in [-0.39, 0.29) is 35.1 Å². The predicted molar refractivity (Wildman–Crippen MR) is 241 cm³/mol. The van der Waals surface area contributed by atoms with E-state index in [2.05, 4.69) is 9.97 Å². The molecule has 2 aliphatic rings. The first-order chi connectivity index (χ1) is 30.9. The highest BCUT2D eigenvalue weighted by atomic mass is 32.1. The lowest BCUT2D eigenvalue weighted by atomic mass is 9.99. The second-order valence-electron chi connectivity index (χ2n) is 16.3. The zero-order chi connectivity index (χ0) is 44.5. The van der Waals surface area contributed by atoms with E-state index < -0.39 is 11.9 Å². The first-order valence-electron chi connectivity index (χ1n) is 20.7. The van der Waals surface area contributed by atoms with Crippen LogP contribution in [0.4, 0.5) is 17.6 Å². The summed E-state index contributed by atoms with van der Waals surface area (Å²) in [6, 6.07) is 35.3. The number of carboxylic acid groups (broad SMARTS) is 2. The van der Waals surface area contributed by atoms with Crippen LogP contribution in [0.25, 0.3) is 41.6 Å². The van der Waals surface area contributed by atoms with E-state index >= 15 is 0 Å². The van der Waals surface area contributed by atoms with Crippen molar-refractivity contribution in [3.63, 3.8) is 0 Å². The maximum atomic E-state index is 14.9. The third-order valence-corrected chi connectivity index (χ3v) is 13.7. The number of fused-ring (bicyclic) bond motifs is 2. The fourth-order valence-corrected chi connectivity index (χ4v) is 9.95. The van der Waals surface area contributed by atoms with Gasteiger partial charge in [-0.25, -0.2) is 27.5 Å². The number of thiazole rings is 2. The fourth-order valence-electron chi connectivity index (χ4n) is 8.01. The zero-order valence-electron chi connectivity index (χ0n) is 34.2. The number of carboxylic acids is 2. The van der Waals surface area contributed by atoms with Gasteiger partial charge in [0.2, 0.25) is 0 Å². The molecular formula is C50H40F4N4O4S2. The lowest BCUT2D eigenvalue weighted by molar-refractivity contribution is -0.148. The smallest absolute Gasteiger partial charge is 0.309 e. The largest absolute Gasteiger partial charge is 0.481 e. The van der Waals surface area contributed by atoms with Crippen molar-refractivity contribution in [2.24, 2.45) is 11.8 Å². The molecule has 2 aliphatic heterocycles. The topological polar surface area (TPSA) is 107 Å². The third-order valence-electron chi connectivity index (χ3n) is 11.6. The fraction of sp³-hybridized carbons (Fsp3) is 0.200. The Bertz CT molecular complexity index is 2830. The van der Waals surface area contributed by atoms with Crippen molar-refractivity contribution < 1.29 is 37.4 Å². The van der Waals surface area contributed by atoms with Gasteiger partial charge in [-0.15, -0.1) is 22.7 Å². The number of nitrogens with zero attached hydrogens (tertiary/aromatic N) is 4. The maximum absolute atomic E-state index is 14.9. The molecule has 0 atom stereocenters. The highest BCUT2D eigenvalue weighted by Crippen LogP contribution is 2.35. The first-order valence-corrected chi connectivity index (χ1v) is 22.3. The molecule has 0 amide bonds. The summed E-state index contributed by atoms with van der Waals surface area (Å²) in [7, 11) is 0. The molecule has 4 heterocycles. The molecule has 2 fully saturated rings. The lowest BCUT2D eigenvalue weighted by Gasteiger charge is -2.36. The van der Waals surface area contributed by atoms with Gasteiger partial charge in [0, 0.05) is 63.2 Å². The summed E-state index contributed by atoms with van der Waals surface area (Å²) in [5.41, 5.74) is 7.18. The third kappa shape index (κ3) is 9.60. The number of benzene rings is 6. The van der Waals surface area contributed by atoms with Gasteiger partial charge in [0.15, 0.2) is 0 Å². The number of likely N-dealkylation sites (tertiary alicyclic amines) is 2. The van der Waals surface area contributed by atoms with Crippen LogP contribution in [-0.4, -0.2) is 68.1 Å². The van der Waals surface area contributed by atoms with E-state index in [1.807, 2.05) is 70.5 Å². The number of aromatic nitrogens is 2. The maximum Gasteiger partial charge on any atom is 0.309 e. The summed E-state index contributed by atoms with van der Waals surface area (Å²) in [5.74, 6) is -3.37. The number of aliphatic carboxylic acids is 2. The minimum atomic E-state index is -0.782.